The molecule has 0 radical (unpaired) electrons. The fourth-order valence-electron chi connectivity index (χ4n) is 4.72. The van der Waals surface area contributed by atoms with Crippen LogP contribution < -0.4 is 9.47 Å². The Morgan fingerprint density at radius 2 is 1.22 bits per heavy atom. The average molecular weight is 551 g/mol. The van der Waals surface area contributed by atoms with Gasteiger partial charge in [-0.2, -0.15) is 0 Å². The number of benzene rings is 3. The summed E-state index contributed by atoms with van der Waals surface area (Å²) in [5.74, 6) is -0.750. The van der Waals surface area contributed by atoms with Gasteiger partial charge in [0.15, 0.2) is 0 Å². The van der Waals surface area contributed by atoms with Gasteiger partial charge in [-0.25, -0.2) is 14.4 Å². The van der Waals surface area contributed by atoms with Gasteiger partial charge in [-0.15, -0.1) is 0 Å². The molecule has 0 spiro atoms. The van der Waals surface area contributed by atoms with Crippen LogP contribution in [0, 0.1) is 12.8 Å². The van der Waals surface area contributed by atoms with E-state index in [-0.39, 0.29) is 34.5 Å². The maximum Gasteiger partial charge on any atom is 0.338 e. The van der Waals surface area contributed by atoms with Crippen LogP contribution >= 0.6 is 0 Å². The standard InChI is InChI=1S/C35H34O6/c1-20(2)33(36)39-19-24-13-26-8-9-27(15-28(26)14-24)25-10-11-32(23(7)12-25)29-16-30(40-34(37)21(3)4)18-31(17-29)41-35(38)22(5)6/h8-12,15-18,24H,1,3,5,13-14,19H2,2,4,6-7H3. The molecule has 0 heterocycles. The lowest BCUT2D eigenvalue weighted by atomic mass is 9.94. The summed E-state index contributed by atoms with van der Waals surface area (Å²) < 4.78 is 16.3. The first-order valence-corrected chi connectivity index (χ1v) is 13.4. The van der Waals surface area contributed by atoms with Crippen LogP contribution in [0.25, 0.3) is 22.3 Å². The Morgan fingerprint density at radius 3 is 1.78 bits per heavy atom. The Bertz CT molecular complexity index is 1550. The first-order chi connectivity index (χ1) is 19.4. The summed E-state index contributed by atoms with van der Waals surface area (Å²) in [6.07, 6.45) is 1.73. The highest BCUT2D eigenvalue weighted by Gasteiger charge is 2.23. The van der Waals surface area contributed by atoms with E-state index in [1.165, 1.54) is 17.2 Å². The van der Waals surface area contributed by atoms with Crippen molar-refractivity contribution in [3.05, 3.63) is 108 Å². The summed E-state index contributed by atoms with van der Waals surface area (Å²) in [4.78, 5) is 36.2. The van der Waals surface area contributed by atoms with Crippen molar-refractivity contribution < 1.29 is 28.6 Å². The third-order valence-electron chi connectivity index (χ3n) is 6.89. The van der Waals surface area contributed by atoms with Crippen LogP contribution in [-0.2, 0) is 32.0 Å². The summed E-state index contributed by atoms with van der Waals surface area (Å²) in [5, 5.41) is 0. The van der Waals surface area contributed by atoms with E-state index in [9.17, 15) is 14.4 Å². The second-order valence-electron chi connectivity index (χ2n) is 10.7. The van der Waals surface area contributed by atoms with E-state index in [1.807, 2.05) is 19.1 Å². The molecule has 41 heavy (non-hydrogen) atoms. The van der Waals surface area contributed by atoms with E-state index in [0.29, 0.717) is 12.2 Å². The summed E-state index contributed by atoms with van der Waals surface area (Å²) in [6, 6.07) is 17.6. The lowest BCUT2D eigenvalue weighted by Crippen LogP contribution is -2.14. The zero-order chi connectivity index (χ0) is 29.8. The van der Waals surface area contributed by atoms with Gasteiger partial charge >= 0.3 is 17.9 Å². The van der Waals surface area contributed by atoms with Crippen LogP contribution in [0.1, 0.15) is 37.5 Å². The van der Waals surface area contributed by atoms with Crippen LogP contribution in [-0.4, -0.2) is 24.5 Å². The molecule has 6 heteroatoms. The van der Waals surface area contributed by atoms with Gasteiger partial charge in [0.2, 0.25) is 0 Å². The number of carbonyl (C=O) groups excluding carboxylic acids is 3. The van der Waals surface area contributed by atoms with Crippen molar-refractivity contribution in [2.45, 2.75) is 40.5 Å². The molecule has 6 nitrogen and oxygen atoms in total. The van der Waals surface area contributed by atoms with Crippen LogP contribution in [0.3, 0.4) is 0 Å². The molecule has 0 saturated heterocycles. The normalized spacial score (nSPS) is 13.6. The Balaban J connectivity index is 1.59. The third-order valence-corrected chi connectivity index (χ3v) is 6.89. The van der Waals surface area contributed by atoms with Crippen molar-refractivity contribution in [1.29, 1.82) is 0 Å². The molecule has 3 aromatic carbocycles. The fourth-order valence-corrected chi connectivity index (χ4v) is 4.72. The molecule has 4 rings (SSSR count). The van der Waals surface area contributed by atoms with Gasteiger partial charge in [-0.1, -0.05) is 56.1 Å². The Hall–Kier alpha value is -4.71. The molecule has 0 aliphatic heterocycles. The van der Waals surface area contributed by atoms with Gasteiger partial charge in [-0.05, 0) is 91.6 Å². The molecule has 1 aliphatic rings. The van der Waals surface area contributed by atoms with Crippen molar-refractivity contribution in [2.75, 3.05) is 6.61 Å². The van der Waals surface area contributed by atoms with Crippen molar-refractivity contribution >= 4 is 17.9 Å². The first kappa shape index (κ1) is 29.3. The van der Waals surface area contributed by atoms with Crippen molar-refractivity contribution in [3.8, 4) is 33.8 Å². The summed E-state index contributed by atoms with van der Waals surface area (Å²) in [6.45, 7) is 18.1. The minimum absolute atomic E-state index is 0.241. The van der Waals surface area contributed by atoms with E-state index in [1.54, 1.807) is 32.9 Å². The molecule has 0 aromatic heterocycles. The molecule has 0 N–H and O–H groups in total. The van der Waals surface area contributed by atoms with Crippen LogP contribution in [0.4, 0.5) is 0 Å². The van der Waals surface area contributed by atoms with E-state index >= 15 is 0 Å². The molecular formula is C35H34O6. The highest BCUT2D eigenvalue weighted by Crippen LogP contribution is 2.36. The van der Waals surface area contributed by atoms with E-state index in [2.05, 4.69) is 44.0 Å². The predicted octanol–water partition coefficient (Wildman–Crippen LogP) is 7.13. The molecular weight excluding hydrogens is 516 g/mol. The van der Waals surface area contributed by atoms with Gasteiger partial charge in [0.25, 0.3) is 0 Å². The van der Waals surface area contributed by atoms with Crippen molar-refractivity contribution in [2.24, 2.45) is 5.92 Å². The van der Waals surface area contributed by atoms with E-state index in [4.69, 9.17) is 14.2 Å². The lowest BCUT2D eigenvalue weighted by molar-refractivity contribution is -0.140. The lowest BCUT2D eigenvalue weighted by Gasteiger charge is -2.14. The van der Waals surface area contributed by atoms with Gasteiger partial charge < -0.3 is 14.2 Å². The van der Waals surface area contributed by atoms with Gasteiger partial charge in [0.05, 0.1) is 6.61 Å². The maximum atomic E-state index is 12.2. The Kier molecular flexibility index (Phi) is 8.72. The van der Waals surface area contributed by atoms with Gasteiger partial charge in [0, 0.05) is 28.7 Å². The SMILES string of the molecule is C=C(C)C(=O)OCC1Cc2ccc(-c3ccc(-c4cc(OC(=O)C(=C)C)cc(OC(=O)C(=C)C)c4)c(C)c3)cc2C1. The summed E-state index contributed by atoms with van der Waals surface area (Å²) in [5.41, 5.74) is 8.23. The summed E-state index contributed by atoms with van der Waals surface area (Å²) in [7, 11) is 0. The number of rotatable bonds is 9. The molecule has 0 bridgehead atoms. The molecule has 210 valence electrons. The first-order valence-electron chi connectivity index (χ1n) is 13.4. The molecule has 0 fully saturated rings. The second kappa shape index (κ2) is 12.2. The Labute approximate surface area is 241 Å². The molecule has 0 amide bonds. The van der Waals surface area contributed by atoms with Gasteiger partial charge in [-0.3, -0.25) is 0 Å². The zero-order valence-electron chi connectivity index (χ0n) is 24.0. The fraction of sp³-hybridized carbons (Fsp3) is 0.229. The van der Waals surface area contributed by atoms with Crippen LogP contribution in [0.15, 0.2) is 91.1 Å². The van der Waals surface area contributed by atoms with Crippen LogP contribution in [0.5, 0.6) is 11.5 Å². The number of carbonyl (C=O) groups is 3. The summed E-state index contributed by atoms with van der Waals surface area (Å²) >= 11 is 0. The van der Waals surface area contributed by atoms with Crippen molar-refractivity contribution in [1.82, 2.24) is 0 Å². The van der Waals surface area contributed by atoms with Crippen molar-refractivity contribution in [3.63, 3.8) is 0 Å². The number of hydrogen-bond donors (Lipinski definition) is 0. The highest BCUT2D eigenvalue weighted by molar-refractivity contribution is 5.90. The second-order valence-corrected chi connectivity index (χ2v) is 10.7. The number of aryl methyl sites for hydroxylation is 1. The minimum atomic E-state index is -0.570. The number of esters is 3. The van der Waals surface area contributed by atoms with E-state index < -0.39 is 11.9 Å². The quantitative estimate of drug-likeness (QED) is 0.160. The highest BCUT2D eigenvalue weighted by atomic mass is 16.5. The van der Waals surface area contributed by atoms with E-state index in [0.717, 1.165) is 40.7 Å². The Morgan fingerprint density at radius 1 is 0.683 bits per heavy atom. The number of fused-ring (bicyclic) bond motifs is 1. The molecule has 1 unspecified atom stereocenters. The molecule has 1 aliphatic carbocycles. The number of ether oxygens (including phenoxy) is 3. The largest absolute Gasteiger partial charge is 0.462 e. The van der Waals surface area contributed by atoms with Crippen LogP contribution in [0.2, 0.25) is 0 Å². The molecule has 3 aromatic rings. The molecule has 1 atom stereocenters. The smallest absolute Gasteiger partial charge is 0.338 e. The zero-order valence-corrected chi connectivity index (χ0v) is 24.0. The third kappa shape index (κ3) is 7.09. The number of hydrogen-bond acceptors (Lipinski definition) is 6. The monoisotopic (exact) mass is 550 g/mol. The maximum absolute atomic E-state index is 12.2. The topological polar surface area (TPSA) is 78.9 Å². The molecule has 0 saturated carbocycles. The van der Waals surface area contributed by atoms with Gasteiger partial charge in [0.1, 0.15) is 11.5 Å². The minimum Gasteiger partial charge on any atom is -0.462 e. The predicted molar refractivity (Wildman–Crippen MR) is 160 cm³/mol. The average Bonchev–Trinajstić information content (AvgIpc) is 3.33.